The van der Waals surface area contributed by atoms with Gasteiger partial charge in [0.05, 0.1) is 36.0 Å². The molecule has 2 aromatic carbocycles. The van der Waals surface area contributed by atoms with E-state index >= 15 is 0 Å². The van der Waals surface area contributed by atoms with Gasteiger partial charge in [-0.3, -0.25) is 9.36 Å². The van der Waals surface area contributed by atoms with Crippen LogP contribution in [0, 0.1) is 0 Å². The number of aliphatic hydroxyl groups is 1. The molecule has 1 N–H and O–H groups in total. The Balaban J connectivity index is 1.60. The zero-order valence-electron chi connectivity index (χ0n) is 17.5. The van der Waals surface area contributed by atoms with E-state index in [2.05, 4.69) is 14.7 Å². The van der Waals surface area contributed by atoms with Crippen molar-refractivity contribution in [1.82, 2.24) is 14.5 Å². The van der Waals surface area contributed by atoms with Crippen LogP contribution in [0.25, 0.3) is 21.7 Å². The van der Waals surface area contributed by atoms with Gasteiger partial charge in [0, 0.05) is 24.3 Å². The standard InChI is InChI=1S/C24H21F2N3O4/c25-24(26)33-21-6-5-14(11-27-21)9-15-10-18-22(17-4-2-1-3-16(15)17)28-13-29(23(18)31)19-7-8-32-12-20(19)30/h1-6,10-11,13,19-20,24,30H,7-9,12H2/t19-,20-/m0/s1. The molecule has 0 bridgehead atoms. The molecule has 0 aliphatic carbocycles. The van der Waals surface area contributed by atoms with Crippen LogP contribution in [-0.4, -0.2) is 45.6 Å². The molecule has 5 rings (SSSR count). The van der Waals surface area contributed by atoms with Crippen molar-refractivity contribution >= 4 is 21.7 Å². The van der Waals surface area contributed by atoms with Gasteiger partial charge in [-0.1, -0.05) is 30.3 Å². The Hall–Kier alpha value is -3.43. The average molecular weight is 453 g/mol. The first-order valence-electron chi connectivity index (χ1n) is 10.6. The second-order valence-electron chi connectivity index (χ2n) is 7.99. The van der Waals surface area contributed by atoms with Gasteiger partial charge in [0.15, 0.2) is 0 Å². The van der Waals surface area contributed by atoms with Crippen molar-refractivity contribution < 1.29 is 23.4 Å². The maximum atomic E-state index is 13.4. The Morgan fingerprint density at radius 2 is 1.97 bits per heavy atom. The van der Waals surface area contributed by atoms with Gasteiger partial charge in [-0.15, -0.1) is 0 Å². The van der Waals surface area contributed by atoms with Crippen LogP contribution in [0.4, 0.5) is 8.78 Å². The molecular weight excluding hydrogens is 432 g/mol. The molecule has 0 saturated carbocycles. The monoisotopic (exact) mass is 453 g/mol. The number of aromatic nitrogens is 3. The lowest BCUT2D eigenvalue weighted by molar-refractivity contribution is -0.0528. The molecule has 9 heteroatoms. The molecule has 3 heterocycles. The second kappa shape index (κ2) is 8.84. The molecule has 0 spiro atoms. The van der Waals surface area contributed by atoms with Crippen molar-refractivity contribution in [3.05, 3.63) is 76.5 Å². The van der Waals surface area contributed by atoms with Crippen LogP contribution in [0.15, 0.2) is 59.8 Å². The zero-order chi connectivity index (χ0) is 22.9. The van der Waals surface area contributed by atoms with Gasteiger partial charge in [-0.2, -0.15) is 8.78 Å². The first-order valence-corrected chi connectivity index (χ1v) is 10.6. The molecule has 1 aliphatic heterocycles. The molecular formula is C24H21F2N3O4. The fourth-order valence-corrected chi connectivity index (χ4v) is 4.36. The number of rotatable bonds is 5. The van der Waals surface area contributed by atoms with E-state index in [4.69, 9.17) is 4.74 Å². The fourth-order valence-electron chi connectivity index (χ4n) is 4.36. The van der Waals surface area contributed by atoms with Gasteiger partial charge < -0.3 is 14.6 Å². The van der Waals surface area contributed by atoms with E-state index in [1.807, 2.05) is 30.3 Å². The molecule has 170 valence electrons. The number of hydrogen-bond donors (Lipinski definition) is 1. The first kappa shape index (κ1) is 21.4. The highest BCUT2D eigenvalue weighted by Crippen LogP contribution is 2.29. The Morgan fingerprint density at radius 3 is 2.70 bits per heavy atom. The van der Waals surface area contributed by atoms with E-state index in [9.17, 15) is 18.7 Å². The molecule has 1 saturated heterocycles. The number of nitrogens with zero attached hydrogens (tertiary/aromatic N) is 3. The highest BCUT2D eigenvalue weighted by atomic mass is 19.3. The molecule has 33 heavy (non-hydrogen) atoms. The average Bonchev–Trinajstić information content (AvgIpc) is 2.81. The van der Waals surface area contributed by atoms with Crippen molar-refractivity contribution in [2.75, 3.05) is 13.2 Å². The highest BCUT2D eigenvalue weighted by Gasteiger charge is 2.27. The van der Waals surface area contributed by atoms with E-state index in [0.717, 1.165) is 21.9 Å². The SMILES string of the molecule is O=c1c2cc(Cc3ccc(OC(F)F)nc3)c3ccccc3c2ncn1[C@H]1CCOC[C@@H]1O. The number of aliphatic hydroxyl groups excluding tert-OH is 1. The number of ether oxygens (including phenoxy) is 2. The van der Waals surface area contributed by atoms with Crippen LogP contribution in [-0.2, 0) is 11.2 Å². The predicted molar refractivity (Wildman–Crippen MR) is 118 cm³/mol. The van der Waals surface area contributed by atoms with Crippen LogP contribution in [0.5, 0.6) is 5.88 Å². The van der Waals surface area contributed by atoms with E-state index in [0.29, 0.717) is 30.4 Å². The molecule has 0 amide bonds. The van der Waals surface area contributed by atoms with E-state index in [-0.39, 0.29) is 18.0 Å². The minimum atomic E-state index is -2.93. The lowest BCUT2D eigenvalue weighted by Crippen LogP contribution is -2.39. The third kappa shape index (κ3) is 4.17. The number of hydrogen-bond acceptors (Lipinski definition) is 6. The molecule has 7 nitrogen and oxygen atoms in total. The van der Waals surface area contributed by atoms with Gasteiger partial charge >= 0.3 is 6.61 Å². The predicted octanol–water partition coefficient (Wildman–Crippen LogP) is 3.46. The number of pyridine rings is 1. The van der Waals surface area contributed by atoms with Crippen LogP contribution in [0.2, 0.25) is 0 Å². The number of fused-ring (bicyclic) bond motifs is 3. The van der Waals surface area contributed by atoms with Crippen LogP contribution < -0.4 is 10.3 Å². The third-order valence-electron chi connectivity index (χ3n) is 5.93. The lowest BCUT2D eigenvalue weighted by atomic mass is 9.96. The summed E-state index contributed by atoms with van der Waals surface area (Å²) >= 11 is 0. The first-order chi connectivity index (χ1) is 16.0. The summed E-state index contributed by atoms with van der Waals surface area (Å²) in [5.74, 6) is -0.153. The highest BCUT2D eigenvalue weighted by molar-refractivity contribution is 6.06. The summed E-state index contributed by atoms with van der Waals surface area (Å²) in [7, 11) is 0. The van der Waals surface area contributed by atoms with Crippen molar-refractivity contribution in [2.24, 2.45) is 0 Å². The maximum absolute atomic E-state index is 13.4. The van der Waals surface area contributed by atoms with Gasteiger partial charge in [-0.05, 0) is 35.4 Å². The van der Waals surface area contributed by atoms with Gasteiger partial charge in [-0.25, -0.2) is 9.97 Å². The summed E-state index contributed by atoms with van der Waals surface area (Å²) in [6, 6.07) is 12.2. The van der Waals surface area contributed by atoms with Gasteiger partial charge in [0.2, 0.25) is 5.88 Å². The van der Waals surface area contributed by atoms with Crippen LogP contribution >= 0.6 is 0 Å². The summed E-state index contributed by atoms with van der Waals surface area (Å²) in [5.41, 5.74) is 2.03. The van der Waals surface area contributed by atoms with E-state index in [1.54, 1.807) is 6.07 Å². The molecule has 0 unspecified atom stereocenters. The minimum absolute atomic E-state index is 0.153. The van der Waals surface area contributed by atoms with Crippen molar-refractivity contribution in [1.29, 1.82) is 0 Å². The summed E-state index contributed by atoms with van der Waals surface area (Å²) < 4.78 is 35.9. The van der Waals surface area contributed by atoms with Gasteiger partial charge in [0.1, 0.15) is 0 Å². The number of halogens is 2. The smallest absolute Gasteiger partial charge is 0.388 e. The fraction of sp³-hybridized carbons (Fsp3) is 0.292. The largest absolute Gasteiger partial charge is 0.417 e. The number of benzene rings is 2. The molecule has 2 aromatic heterocycles. The quantitative estimate of drug-likeness (QED) is 0.466. The minimum Gasteiger partial charge on any atom is -0.417 e. The van der Waals surface area contributed by atoms with Crippen molar-refractivity contribution in [2.45, 2.75) is 31.6 Å². The van der Waals surface area contributed by atoms with E-state index in [1.165, 1.54) is 23.2 Å². The number of alkyl halides is 2. The van der Waals surface area contributed by atoms with Crippen LogP contribution in [0.1, 0.15) is 23.6 Å². The topological polar surface area (TPSA) is 86.5 Å². The summed E-state index contributed by atoms with van der Waals surface area (Å²) in [6.45, 7) is -2.29. The Kier molecular flexibility index (Phi) is 5.74. The molecule has 1 aliphatic rings. The Labute approximate surface area is 187 Å². The Bertz CT molecular complexity index is 1360. The summed E-state index contributed by atoms with van der Waals surface area (Å²) in [5, 5.41) is 12.6. The third-order valence-corrected chi connectivity index (χ3v) is 5.93. The van der Waals surface area contributed by atoms with Crippen molar-refractivity contribution in [3.8, 4) is 5.88 Å². The van der Waals surface area contributed by atoms with Crippen molar-refractivity contribution in [3.63, 3.8) is 0 Å². The maximum Gasteiger partial charge on any atom is 0.388 e. The zero-order valence-corrected chi connectivity index (χ0v) is 17.5. The molecule has 0 radical (unpaired) electrons. The molecule has 4 aromatic rings. The lowest BCUT2D eigenvalue weighted by Gasteiger charge is -2.29. The Morgan fingerprint density at radius 1 is 1.15 bits per heavy atom. The van der Waals surface area contributed by atoms with Gasteiger partial charge in [0.25, 0.3) is 5.56 Å². The van der Waals surface area contributed by atoms with E-state index < -0.39 is 18.8 Å². The second-order valence-corrected chi connectivity index (χ2v) is 7.99. The normalized spacial score (nSPS) is 18.8. The molecule has 1 fully saturated rings. The summed E-state index contributed by atoms with van der Waals surface area (Å²) in [6.07, 6.45) is 3.16. The van der Waals surface area contributed by atoms with Crippen LogP contribution in [0.3, 0.4) is 0 Å². The summed E-state index contributed by atoms with van der Waals surface area (Å²) in [4.78, 5) is 22.0. The molecule has 2 atom stereocenters.